The molecule has 1 atom stereocenters. The van der Waals surface area contributed by atoms with Crippen LogP contribution < -0.4 is 5.32 Å². The number of nitrogens with zero attached hydrogens (tertiary/aromatic N) is 1. The Morgan fingerprint density at radius 2 is 2.08 bits per heavy atom. The van der Waals surface area contributed by atoms with Crippen molar-refractivity contribution in [2.45, 2.75) is 31.6 Å². The number of likely N-dealkylation sites (tertiary alicyclic amines) is 1. The Labute approximate surface area is 76.1 Å². The second-order valence-corrected chi connectivity index (χ2v) is 3.51. The van der Waals surface area contributed by atoms with Crippen molar-refractivity contribution in [3.63, 3.8) is 0 Å². The lowest BCUT2D eigenvalue weighted by molar-refractivity contribution is -0.159. The van der Waals surface area contributed by atoms with Crippen LogP contribution >= 0.6 is 0 Å². The summed E-state index contributed by atoms with van der Waals surface area (Å²) in [6.45, 7) is 0.921. The van der Waals surface area contributed by atoms with Crippen LogP contribution in [-0.2, 0) is 0 Å². The smallest absolute Gasteiger partial charge is 0.302 e. The largest absolute Gasteiger partial charge is 0.457 e. The number of rotatable bonds is 2. The van der Waals surface area contributed by atoms with Gasteiger partial charge in [-0.05, 0) is 26.4 Å². The van der Waals surface area contributed by atoms with Crippen molar-refractivity contribution in [1.82, 2.24) is 10.2 Å². The molecule has 1 unspecified atom stereocenters. The molecule has 1 heterocycles. The lowest BCUT2D eigenvalue weighted by Gasteiger charge is -2.32. The van der Waals surface area contributed by atoms with Crippen molar-refractivity contribution < 1.29 is 13.2 Å². The zero-order valence-electron chi connectivity index (χ0n) is 7.69. The van der Waals surface area contributed by atoms with Crippen molar-refractivity contribution in [3.8, 4) is 0 Å². The van der Waals surface area contributed by atoms with E-state index in [4.69, 9.17) is 0 Å². The van der Waals surface area contributed by atoms with Gasteiger partial charge in [0, 0.05) is 12.6 Å². The highest BCUT2D eigenvalue weighted by molar-refractivity contribution is 4.76. The van der Waals surface area contributed by atoms with Gasteiger partial charge in [0.2, 0.25) is 0 Å². The summed E-state index contributed by atoms with van der Waals surface area (Å²) in [5.74, 6) is 0. The molecule has 0 amide bonds. The van der Waals surface area contributed by atoms with Gasteiger partial charge in [0.15, 0.2) is 0 Å². The first-order valence-electron chi connectivity index (χ1n) is 4.51. The summed E-state index contributed by atoms with van der Waals surface area (Å²) in [6, 6.07) is 0.0374. The van der Waals surface area contributed by atoms with Gasteiger partial charge in [0.25, 0.3) is 0 Å². The molecule has 0 aromatic carbocycles. The fourth-order valence-electron chi connectivity index (χ4n) is 1.64. The summed E-state index contributed by atoms with van der Waals surface area (Å²) in [6.07, 6.45) is -1.24. The quantitative estimate of drug-likeness (QED) is 0.674. The van der Waals surface area contributed by atoms with Crippen molar-refractivity contribution in [3.05, 3.63) is 0 Å². The summed E-state index contributed by atoms with van der Waals surface area (Å²) >= 11 is 0. The zero-order chi connectivity index (χ0) is 9.90. The molecule has 1 N–H and O–H groups in total. The monoisotopic (exact) mass is 196 g/mol. The summed E-state index contributed by atoms with van der Waals surface area (Å²) < 4.78 is 35.4. The third kappa shape index (κ3) is 3.95. The van der Waals surface area contributed by atoms with Crippen LogP contribution in [0, 0.1) is 0 Å². The maximum absolute atomic E-state index is 11.8. The van der Waals surface area contributed by atoms with Gasteiger partial charge in [0.05, 0.1) is 0 Å². The molecule has 2 nitrogen and oxygen atoms in total. The van der Waals surface area contributed by atoms with Gasteiger partial charge >= 0.3 is 6.30 Å². The van der Waals surface area contributed by atoms with E-state index in [1.807, 2.05) is 11.9 Å². The average Bonchev–Trinajstić information content (AvgIpc) is 2.01. The van der Waals surface area contributed by atoms with Gasteiger partial charge in [-0.3, -0.25) is 0 Å². The van der Waals surface area contributed by atoms with E-state index in [0.29, 0.717) is 0 Å². The standard InChI is InChI=1S/C8H15F3N2/c1-13-5-3-2-4-7(13)6-12-8(9,10)11/h7,12H,2-6H2,1H3. The predicted octanol–water partition coefficient (Wildman–Crippen LogP) is 1.58. The first kappa shape index (κ1) is 10.8. The predicted molar refractivity (Wildman–Crippen MR) is 44.3 cm³/mol. The van der Waals surface area contributed by atoms with Crippen molar-refractivity contribution in [1.29, 1.82) is 0 Å². The number of likely N-dealkylation sites (N-methyl/N-ethyl adjacent to an activating group) is 1. The van der Waals surface area contributed by atoms with Crippen LogP contribution in [0.4, 0.5) is 13.2 Å². The van der Waals surface area contributed by atoms with E-state index in [-0.39, 0.29) is 12.6 Å². The molecular weight excluding hydrogens is 181 g/mol. The van der Waals surface area contributed by atoms with Gasteiger partial charge in [-0.25, -0.2) is 5.32 Å². The first-order valence-corrected chi connectivity index (χ1v) is 4.51. The Bertz CT molecular complexity index is 158. The van der Waals surface area contributed by atoms with Crippen LogP contribution in [0.25, 0.3) is 0 Å². The molecule has 0 spiro atoms. The van der Waals surface area contributed by atoms with E-state index >= 15 is 0 Å². The minimum atomic E-state index is -4.24. The van der Waals surface area contributed by atoms with E-state index in [2.05, 4.69) is 0 Å². The first-order chi connectivity index (χ1) is 5.99. The molecule has 1 rings (SSSR count). The summed E-state index contributed by atoms with van der Waals surface area (Å²) in [5, 5.41) is 1.58. The Morgan fingerprint density at radius 1 is 1.38 bits per heavy atom. The summed E-state index contributed by atoms with van der Waals surface area (Å²) in [4.78, 5) is 1.99. The fourth-order valence-corrected chi connectivity index (χ4v) is 1.64. The second-order valence-electron chi connectivity index (χ2n) is 3.51. The van der Waals surface area contributed by atoms with Gasteiger partial charge < -0.3 is 4.90 Å². The molecule has 1 aliphatic heterocycles. The van der Waals surface area contributed by atoms with Gasteiger partial charge in [-0.15, -0.1) is 0 Å². The molecule has 1 aliphatic rings. The summed E-state index contributed by atoms with van der Waals surface area (Å²) in [5.41, 5.74) is 0. The molecule has 0 aromatic heterocycles. The Balaban J connectivity index is 2.27. The molecule has 1 fully saturated rings. The summed E-state index contributed by atoms with van der Waals surface area (Å²) in [7, 11) is 1.88. The number of piperidine rings is 1. The van der Waals surface area contributed by atoms with Crippen LogP contribution in [-0.4, -0.2) is 37.4 Å². The Morgan fingerprint density at radius 3 is 2.62 bits per heavy atom. The number of alkyl halides is 3. The topological polar surface area (TPSA) is 15.3 Å². The van der Waals surface area contributed by atoms with E-state index in [9.17, 15) is 13.2 Å². The molecule has 5 heteroatoms. The maximum Gasteiger partial charge on any atom is 0.457 e. The van der Waals surface area contributed by atoms with Crippen molar-refractivity contribution in [2.24, 2.45) is 0 Å². The molecule has 0 aliphatic carbocycles. The van der Waals surface area contributed by atoms with E-state index < -0.39 is 6.30 Å². The van der Waals surface area contributed by atoms with Crippen molar-refractivity contribution >= 4 is 0 Å². The number of nitrogens with one attached hydrogen (secondary N) is 1. The molecule has 0 saturated carbocycles. The molecule has 78 valence electrons. The fraction of sp³-hybridized carbons (Fsp3) is 1.00. The normalized spacial score (nSPS) is 26.3. The lowest BCUT2D eigenvalue weighted by Crippen LogP contribution is -2.46. The Kier molecular flexibility index (Phi) is 3.55. The Hall–Kier alpha value is -0.290. The minimum absolute atomic E-state index is 0.0139. The van der Waals surface area contributed by atoms with Crippen LogP contribution in [0.15, 0.2) is 0 Å². The molecule has 0 radical (unpaired) electrons. The average molecular weight is 196 g/mol. The molecular formula is C8H15F3N2. The highest BCUT2D eigenvalue weighted by Crippen LogP contribution is 2.16. The van der Waals surface area contributed by atoms with E-state index in [0.717, 1.165) is 25.8 Å². The van der Waals surface area contributed by atoms with Gasteiger partial charge in [-0.1, -0.05) is 6.42 Å². The molecule has 13 heavy (non-hydrogen) atoms. The highest BCUT2D eigenvalue weighted by atomic mass is 19.4. The second kappa shape index (κ2) is 4.28. The van der Waals surface area contributed by atoms with Crippen LogP contribution in [0.2, 0.25) is 0 Å². The van der Waals surface area contributed by atoms with Crippen LogP contribution in [0.1, 0.15) is 19.3 Å². The molecule has 0 aromatic rings. The lowest BCUT2D eigenvalue weighted by atomic mass is 10.0. The van der Waals surface area contributed by atoms with Crippen LogP contribution in [0.3, 0.4) is 0 Å². The van der Waals surface area contributed by atoms with Gasteiger partial charge in [0.1, 0.15) is 0 Å². The molecule has 1 saturated heterocycles. The number of hydrogen-bond acceptors (Lipinski definition) is 2. The third-order valence-corrected chi connectivity index (χ3v) is 2.46. The van der Waals surface area contributed by atoms with Crippen molar-refractivity contribution in [2.75, 3.05) is 20.1 Å². The zero-order valence-corrected chi connectivity index (χ0v) is 7.69. The maximum atomic E-state index is 11.8. The highest BCUT2D eigenvalue weighted by Gasteiger charge is 2.29. The SMILES string of the molecule is CN1CCCCC1CNC(F)(F)F. The number of hydrogen-bond donors (Lipinski definition) is 1. The minimum Gasteiger partial charge on any atom is -0.302 e. The van der Waals surface area contributed by atoms with E-state index in [1.54, 1.807) is 5.32 Å². The van der Waals surface area contributed by atoms with Gasteiger partial charge in [-0.2, -0.15) is 13.2 Å². The number of halogens is 3. The van der Waals surface area contributed by atoms with Crippen LogP contribution in [0.5, 0.6) is 0 Å². The molecule has 0 bridgehead atoms. The van der Waals surface area contributed by atoms with E-state index in [1.165, 1.54) is 0 Å². The third-order valence-electron chi connectivity index (χ3n) is 2.46.